The molecule has 1 amide bonds. The number of hydrogen-bond donors (Lipinski definition) is 13. The Morgan fingerprint density at radius 1 is 0.738 bits per heavy atom. The number of ether oxygens (including phenoxy) is 4. The highest BCUT2D eigenvalue weighted by molar-refractivity contribution is 7.66. The number of aromatic nitrogens is 12. The Balaban J connectivity index is 0.874. The molecule has 3 saturated heterocycles. The number of hydrogen-bond acceptors (Lipinski definition) is 29. The molecule has 16 atom stereocenters. The Hall–Kier alpha value is -5.64. The van der Waals surface area contributed by atoms with Crippen molar-refractivity contribution in [3.63, 3.8) is 0 Å². The maximum atomic E-state index is 13.7. The first kappa shape index (κ1) is 59.0. The van der Waals surface area contributed by atoms with Crippen LogP contribution in [-0.4, -0.2) is 177 Å². The molecule has 9 heterocycles. The molecule has 3 aliphatic rings. The van der Waals surface area contributed by atoms with Crippen molar-refractivity contribution in [1.82, 2.24) is 58.9 Å². The fraction of sp³-hybridized carbons (Fsp3) is 0.556. The number of carbonyl (C=O) groups excluding carboxylic acids is 1. The highest BCUT2D eigenvalue weighted by atomic mass is 31.3. The van der Waals surface area contributed by atoms with Crippen LogP contribution in [0.5, 0.6) is 0 Å². The van der Waals surface area contributed by atoms with Crippen molar-refractivity contribution in [1.29, 1.82) is 0 Å². The molecule has 0 aromatic carbocycles. The zero-order valence-electron chi connectivity index (χ0n) is 41.3. The monoisotopic (exact) mass is 1220 g/mol. The number of aliphatic hydroxyl groups is 3. The Morgan fingerprint density at radius 2 is 1.34 bits per heavy atom. The Morgan fingerprint density at radius 3 is 2.01 bits per heavy atom. The zero-order chi connectivity index (χ0) is 58.0. The molecule has 3 aliphatic heterocycles. The predicted octanol–water partition coefficient (Wildman–Crippen LogP) is -3.93. The smallest absolute Gasteiger partial charge is 0.387 e. The van der Waals surface area contributed by atoms with Crippen LogP contribution >= 0.6 is 31.3 Å². The van der Waals surface area contributed by atoms with Gasteiger partial charge < -0.3 is 76.4 Å². The van der Waals surface area contributed by atoms with E-state index in [1.54, 1.807) is 0 Å². The van der Waals surface area contributed by atoms with Crippen molar-refractivity contribution >= 4 is 88.4 Å². The largest absolute Gasteiger partial charge is 0.490 e. The van der Waals surface area contributed by atoms with Gasteiger partial charge in [0.25, 0.3) is 17.1 Å². The van der Waals surface area contributed by atoms with Gasteiger partial charge in [0.2, 0.25) is 23.6 Å². The fourth-order valence-electron chi connectivity index (χ4n) is 9.15. The summed E-state index contributed by atoms with van der Waals surface area (Å²) in [6.45, 7) is -2.08. The van der Waals surface area contributed by atoms with E-state index in [1.807, 2.05) is 0 Å². The van der Waals surface area contributed by atoms with Crippen LogP contribution in [0.15, 0.2) is 34.9 Å². The molecule has 0 saturated carbocycles. The summed E-state index contributed by atoms with van der Waals surface area (Å²) in [5.41, 5.74) is 15.7. The third-order valence-electron chi connectivity index (χ3n) is 12.6. The third-order valence-corrected chi connectivity index (χ3v) is 17.8. The number of amides is 1. The average Bonchev–Trinajstić information content (AvgIpc) is 4.43. The van der Waals surface area contributed by atoms with Gasteiger partial charge in [0, 0.05) is 26.5 Å². The number of methoxy groups -OCH3 is 1. The number of aromatic amines is 2. The molecule has 0 aliphatic carbocycles. The molecule has 438 valence electrons. The van der Waals surface area contributed by atoms with Gasteiger partial charge in [-0.2, -0.15) is 13.6 Å². The van der Waals surface area contributed by atoms with Crippen molar-refractivity contribution in [3.8, 4) is 0 Å². The second-order valence-corrected chi connectivity index (χ2v) is 24.0. The Labute approximate surface area is 445 Å². The van der Waals surface area contributed by atoms with Crippen LogP contribution in [0.25, 0.3) is 33.5 Å². The van der Waals surface area contributed by atoms with Gasteiger partial charge in [-0.3, -0.25) is 56.1 Å². The summed E-state index contributed by atoms with van der Waals surface area (Å²) in [7, 11) is -20.9. The standard InChI is InChI=1S/C36H50N16O24P4/c1-13(53)40-5-4-14-15(71-32(21(14)54)52-12-49(2)20-29(52)46-36(39)48-31(20)58)6-69-78(61,62)75-80(65,66)76-79(63,64)70-8-17-24(25(67-3)34(73-17)50-10-43-18-26(37)41-9-42-27(18)50)74-77(59,60)68-7-16-22(55)23(56)33(72-16)51-11-44-19-28(51)45-35(38)47-30(19)57/h9-12,14-17,21-25,32-34,54-56H,4-8H2,1-3H3,(H12-,37,38,39,40,41,42,45,46,47,48,53,57,58,59,60,61,62,63,64,65,66)/p+1/t14-,15-,16-,17-,21-,22-,23-,24-,25-,32-,33-,34-/m1/s1. The van der Waals surface area contributed by atoms with Crippen LogP contribution in [0.4, 0.5) is 17.7 Å². The lowest BCUT2D eigenvalue weighted by molar-refractivity contribution is -0.745. The molecule has 9 rings (SSSR count). The summed E-state index contributed by atoms with van der Waals surface area (Å²) in [6, 6.07) is 0. The summed E-state index contributed by atoms with van der Waals surface area (Å²) in [5, 5.41) is 35.8. The zero-order valence-corrected chi connectivity index (χ0v) is 44.9. The number of H-pyrrole nitrogens is 2. The second kappa shape index (κ2) is 22.6. The van der Waals surface area contributed by atoms with Crippen LogP contribution in [-0.2, 0) is 75.8 Å². The van der Waals surface area contributed by atoms with Crippen molar-refractivity contribution < 1.29 is 108 Å². The summed E-state index contributed by atoms with van der Waals surface area (Å²) in [6.07, 6.45) is -13.2. The van der Waals surface area contributed by atoms with E-state index in [-0.39, 0.29) is 64.2 Å². The number of anilines is 3. The summed E-state index contributed by atoms with van der Waals surface area (Å²) in [5.74, 6) is -2.17. The van der Waals surface area contributed by atoms with E-state index in [9.17, 15) is 67.5 Å². The number of aliphatic hydroxyl groups excluding tert-OH is 3. The van der Waals surface area contributed by atoms with Crippen LogP contribution < -0.4 is 38.2 Å². The molecule has 44 heteroatoms. The van der Waals surface area contributed by atoms with Gasteiger partial charge in [-0.05, 0) is 6.42 Å². The summed E-state index contributed by atoms with van der Waals surface area (Å²) < 4.78 is 111. The molecule has 6 aromatic rings. The van der Waals surface area contributed by atoms with Crippen molar-refractivity contribution in [2.45, 2.75) is 80.9 Å². The molecular weight excluding hydrogens is 1160 g/mol. The highest BCUT2D eigenvalue weighted by Crippen LogP contribution is 2.68. The van der Waals surface area contributed by atoms with Crippen molar-refractivity contribution in [2.75, 3.05) is 50.7 Å². The first-order valence-electron chi connectivity index (χ1n) is 23.1. The minimum absolute atomic E-state index is 0.00698. The van der Waals surface area contributed by atoms with Gasteiger partial charge in [0.05, 0.1) is 45.6 Å². The number of nitrogen functional groups attached to an aromatic ring is 3. The van der Waals surface area contributed by atoms with Crippen LogP contribution in [0, 0.1) is 5.92 Å². The number of carbonyl (C=O) groups is 1. The van der Waals surface area contributed by atoms with Gasteiger partial charge in [-0.15, -0.1) is 0 Å². The van der Waals surface area contributed by atoms with Crippen molar-refractivity contribution in [3.05, 3.63) is 46.0 Å². The fourth-order valence-corrected chi connectivity index (χ4v) is 13.6. The minimum Gasteiger partial charge on any atom is -0.387 e. The highest BCUT2D eigenvalue weighted by Gasteiger charge is 2.54. The molecule has 0 spiro atoms. The third kappa shape index (κ3) is 12.3. The summed E-state index contributed by atoms with van der Waals surface area (Å²) >= 11 is 0. The number of nitrogens with zero attached hydrogens (tertiary/aromatic N) is 10. The molecular formula is C36H51N16O24P4+. The first-order chi connectivity index (χ1) is 37.6. The quantitative estimate of drug-likeness (QED) is 0.0228. The molecule has 3 fully saturated rings. The predicted molar refractivity (Wildman–Crippen MR) is 260 cm³/mol. The maximum Gasteiger partial charge on any atom is 0.490 e. The minimum atomic E-state index is -6.22. The number of nitrogens with one attached hydrogen (secondary N) is 3. The second-order valence-electron chi connectivity index (χ2n) is 17.9. The van der Waals surface area contributed by atoms with Gasteiger partial charge >= 0.3 is 36.9 Å². The van der Waals surface area contributed by atoms with E-state index in [1.165, 1.54) is 34.0 Å². The molecule has 16 N–H and O–H groups in total. The van der Waals surface area contributed by atoms with Gasteiger partial charge in [0.15, 0.2) is 41.4 Å². The van der Waals surface area contributed by atoms with E-state index in [2.05, 4.69) is 53.8 Å². The molecule has 0 bridgehead atoms. The molecule has 4 unspecified atom stereocenters. The number of nitrogens with two attached hydrogens (primary N) is 3. The normalized spacial score (nSPS) is 29.2. The van der Waals surface area contributed by atoms with Gasteiger partial charge in [-0.1, -0.05) is 4.98 Å². The van der Waals surface area contributed by atoms with E-state index in [0.717, 1.165) is 30.7 Å². The van der Waals surface area contributed by atoms with E-state index in [0.29, 0.717) is 0 Å². The lowest BCUT2D eigenvalue weighted by Crippen LogP contribution is -2.45. The number of fused-ring (bicyclic) bond motifs is 3. The molecule has 80 heavy (non-hydrogen) atoms. The number of rotatable bonds is 22. The average molecular weight is 1220 g/mol. The maximum absolute atomic E-state index is 13.7. The van der Waals surface area contributed by atoms with Gasteiger partial charge in [0.1, 0.15) is 54.6 Å². The first-order valence-corrected chi connectivity index (χ1v) is 29.1. The van der Waals surface area contributed by atoms with E-state index in [4.69, 9.17) is 54.2 Å². The van der Waals surface area contributed by atoms with Gasteiger partial charge in [-0.25, -0.2) is 42.8 Å². The lowest BCUT2D eigenvalue weighted by Gasteiger charge is -2.26. The molecule has 6 aromatic heterocycles. The number of imidazole rings is 3. The van der Waals surface area contributed by atoms with E-state index >= 15 is 0 Å². The van der Waals surface area contributed by atoms with Crippen molar-refractivity contribution in [2.24, 2.45) is 13.0 Å². The Bertz CT molecular complexity index is 3640. The SMILES string of the molecule is CO[C@@H]1[C@H](OP(=O)(O)OC[C@H]2O[C@@H](n3cnc4c(=O)[nH]c(N)nc43)[C@H](O)[C@@H]2O)[C@@H](COP(=O)(O)OP(=O)(O)OP(=O)(O)OC[C@H]2O[C@@H]([n+]3cn(C)c4c(=O)[nH]c(N)nc43)[C@H](O)[C@@H]2CCNC(C)=O)O[C@H]1n1cnc2c(N)ncnc21. The number of phosphoric acid groups is 4. The molecule has 40 nitrogen and oxygen atoms in total. The van der Waals surface area contributed by atoms with Crippen LogP contribution in [0.1, 0.15) is 32.0 Å². The molecule has 0 radical (unpaired) electrons. The Kier molecular flexibility index (Phi) is 16.7. The summed E-state index contributed by atoms with van der Waals surface area (Å²) in [4.78, 5) is 108. The van der Waals surface area contributed by atoms with Crippen LogP contribution in [0.3, 0.4) is 0 Å². The topological polar surface area (TPSA) is 571 Å². The van der Waals surface area contributed by atoms with E-state index < -0.39 is 142 Å². The lowest BCUT2D eigenvalue weighted by atomic mass is 9.94. The van der Waals surface area contributed by atoms with Crippen LogP contribution in [0.2, 0.25) is 0 Å². The number of aryl methyl sites for hydroxylation is 1. The number of phosphoric ester groups is 3.